The third-order valence-corrected chi connectivity index (χ3v) is 3.57. The van der Waals surface area contributed by atoms with Crippen molar-refractivity contribution in [3.8, 4) is 0 Å². The van der Waals surface area contributed by atoms with Gasteiger partial charge in [0.05, 0.1) is 12.6 Å². The van der Waals surface area contributed by atoms with E-state index in [1.807, 2.05) is 0 Å². The van der Waals surface area contributed by atoms with E-state index >= 15 is 0 Å². The molecule has 2 heteroatoms. The van der Waals surface area contributed by atoms with Gasteiger partial charge in [0, 0.05) is 6.42 Å². The van der Waals surface area contributed by atoms with Crippen LogP contribution in [0.1, 0.15) is 51.9 Å². The van der Waals surface area contributed by atoms with Crippen molar-refractivity contribution in [2.75, 3.05) is 13.2 Å². The van der Waals surface area contributed by atoms with Crippen molar-refractivity contribution in [1.82, 2.24) is 5.32 Å². The lowest BCUT2D eigenvalue weighted by Crippen LogP contribution is -2.32. The molecule has 1 heterocycles. The maximum atomic E-state index is 5.73. The van der Waals surface area contributed by atoms with Gasteiger partial charge in [-0.05, 0) is 51.1 Å². The summed E-state index contributed by atoms with van der Waals surface area (Å²) in [6.45, 7) is 4.17. The molecule has 2 aliphatic rings. The van der Waals surface area contributed by atoms with Crippen LogP contribution in [0, 0.1) is 0 Å². The van der Waals surface area contributed by atoms with E-state index in [0.717, 1.165) is 26.0 Å². The predicted octanol–water partition coefficient (Wildman–Crippen LogP) is 3.55. The van der Waals surface area contributed by atoms with Gasteiger partial charge < -0.3 is 10.1 Å². The fourth-order valence-electron chi connectivity index (χ4n) is 2.62. The average Bonchev–Trinajstić information content (AvgIpc) is 2.89. The number of nitrogens with one attached hydrogen (secondary N) is 1. The molecule has 96 valence electrons. The van der Waals surface area contributed by atoms with E-state index in [-0.39, 0.29) is 0 Å². The molecule has 0 aromatic rings. The van der Waals surface area contributed by atoms with E-state index in [9.17, 15) is 0 Å². The van der Waals surface area contributed by atoms with Crippen LogP contribution in [0.2, 0.25) is 0 Å². The first kappa shape index (κ1) is 12.7. The van der Waals surface area contributed by atoms with Crippen molar-refractivity contribution in [1.29, 1.82) is 0 Å². The lowest BCUT2D eigenvalue weighted by Gasteiger charge is -2.22. The van der Waals surface area contributed by atoms with Gasteiger partial charge in [0.15, 0.2) is 0 Å². The quantitative estimate of drug-likeness (QED) is 0.711. The van der Waals surface area contributed by atoms with Crippen molar-refractivity contribution >= 4 is 0 Å². The smallest absolute Gasteiger partial charge is 0.109 e. The van der Waals surface area contributed by atoms with Crippen molar-refractivity contribution in [2.24, 2.45) is 0 Å². The average molecular weight is 235 g/mol. The van der Waals surface area contributed by atoms with Crippen molar-refractivity contribution in [3.63, 3.8) is 0 Å². The molecule has 0 amide bonds. The van der Waals surface area contributed by atoms with Gasteiger partial charge in [0.1, 0.15) is 5.76 Å². The highest BCUT2D eigenvalue weighted by atomic mass is 16.5. The summed E-state index contributed by atoms with van der Waals surface area (Å²) in [7, 11) is 0. The number of allylic oxidation sites excluding steroid dienone is 1. The van der Waals surface area contributed by atoms with Crippen molar-refractivity contribution < 1.29 is 4.74 Å². The van der Waals surface area contributed by atoms with Crippen LogP contribution in [0.5, 0.6) is 0 Å². The van der Waals surface area contributed by atoms with Gasteiger partial charge in [0.2, 0.25) is 0 Å². The second-order valence-corrected chi connectivity index (χ2v) is 5.06. The van der Waals surface area contributed by atoms with Crippen molar-refractivity contribution in [2.45, 2.75) is 57.9 Å². The van der Waals surface area contributed by atoms with E-state index in [4.69, 9.17) is 4.74 Å². The van der Waals surface area contributed by atoms with E-state index in [1.54, 1.807) is 5.57 Å². The number of hydrogen-bond donors (Lipinski definition) is 1. The van der Waals surface area contributed by atoms with Crippen LogP contribution >= 0.6 is 0 Å². The summed E-state index contributed by atoms with van der Waals surface area (Å²) in [5, 5.41) is 3.62. The van der Waals surface area contributed by atoms with Crippen LogP contribution in [0.4, 0.5) is 0 Å². The second kappa shape index (κ2) is 6.85. The highest BCUT2D eigenvalue weighted by Crippen LogP contribution is 2.25. The van der Waals surface area contributed by atoms with E-state index in [2.05, 4.69) is 24.4 Å². The summed E-state index contributed by atoms with van der Waals surface area (Å²) >= 11 is 0. The molecule has 1 N–H and O–H groups in total. The molecule has 2 rings (SSSR count). The van der Waals surface area contributed by atoms with Gasteiger partial charge in [-0.25, -0.2) is 0 Å². The SMILES string of the molecule is CCCNC(CC1=CCCCC1)C1=CCCO1. The van der Waals surface area contributed by atoms with Crippen LogP contribution in [-0.2, 0) is 4.74 Å². The minimum absolute atomic E-state index is 0.418. The Morgan fingerprint density at radius 1 is 1.29 bits per heavy atom. The minimum atomic E-state index is 0.418. The molecule has 17 heavy (non-hydrogen) atoms. The van der Waals surface area contributed by atoms with E-state index in [1.165, 1.54) is 37.9 Å². The molecular weight excluding hydrogens is 210 g/mol. The third-order valence-electron chi connectivity index (χ3n) is 3.57. The van der Waals surface area contributed by atoms with Crippen LogP contribution in [0.25, 0.3) is 0 Å². The summed E-state index contributed by atoms with van der Waals surface area (Å²) in [5.74, 6) is 1.19. The number of hydrogen-bond acceptors (Lipinski definition) is 2. The largest absolute Gasteiger partial charge is 0.496 e. The normalized spacial score (nSPS) is 21.7. The first-order chi connectivity index (χ1) is 8.40. The molecule has 0 bridgehead atoms. The Morgan fingerprint density at radius 3 is 2.88 bits per heavy atom. The highest BCUT2D eigenvalue weighted by Gasteiger charge is 2.20. The van der Waals surface area contributed by atoms with E-state index in [0.29, 0.717) is 6.04 Å². The van der Waals surface area contributed by atoms with Crippen LogP contribution in [-0.4, -0.2) is 19.2 Å². The summed E-state index contributed by atoms with van der Waals surface area (Å²) in [6.07, 6.45) is 13.4. The molecule has 1 unspecified atom stereocenters. The van der Waals surface area contributed by atoms with Crippen LogP contribution in [0.3, 0.4) is 0 Å². The summed E-state index contributed by atoms with van der Waals surface area (Å²) in [6, 6.07) is 0.418. The zero-order valence-corrected chi connectivity index (χ0v) is 11.0. The van der Waals surface area contributed by atoms with Gasteiger partial charge in [0.25, 0.3) is 0 Å². The molecule has 0 radical (unpaired) electrons. The van der Waals surface area contributed by atoms with Gasteiger partial charge in [-0.1, -0.05) is 18.6 Å². The molecule has 0 saturated carbocycles. The fourth-order valence-corrected chi connectivity index (χ4v) is 2.62. The molecule has 1 atom stereocenters. The number of ether oxygens (including phenoxy) is 1. The van der Waals surface area contributed by atoms with E-state index < -0.39 is 0 Å². The zero-order chi connectivity index (χ0) is 11.9. The maximum absolute atomic E-state index is 5.73. The van der Waals surface area contributed by atoms with Crippen LogP contribution < -0.4 is 5.32 Å². The minimum Gasteiger partial charge on any atom is -0.496 e. The van der Waals surface area contributed by atoms with Gasteiger partial charge >= 0.3 is 0 Å². The Bertz CT molecular complexity index is 293. The molecule has 1 aliphatic heterocycles. The first-order valence-corrected chi connectivity index (χ1v) is 7.14. The molecule has 0 spiro atoms. The second-order valence-electron chi connectivity index (χ2n) is 5.06. The summed E-state index contributed by atoms with van der Waals surface area (Å²) in [5.41, 5.74) is 1.63. The molecule has 0 aromatic heterocycles. The highest BCUT2D eigenvalue weighted by molar-refractivity contribution is 5.15. The molecule has 0 saturated heterocycles. The van der Waals surface area contributed by atoms with Crippen molar-refractivity contribution in [3.05, 3.63) is 23.5 Å². The Hall–Kier alpha value is -0.760. The molecule has 0 fully saturated rings. The number of rotatable bonds is 6. The molecule has 0 aromatic carbocycles. The molecule has 2 nitrogen and oxygen atoms in total. The first-order valence-electron chi connectivity index (χ1n) is 7.14. The molecule has 1 aliphatic carbocycles. The Balaban J connectivity index is 1.91. The lowest BCUT2D eigenvalue weighted by atomic mass is 9.93. The Morgan fingerprint density at radius 2 is 2.24 bits per heavy atom. The molecular formula is C15H25NO. The third kappa shape index (κ3) is 3.88. The topological polar surface area (TPSA) is 21.3 Å². The van der Waals surface area contributed by atoms with Gasteiger partial charge in [-0.3, -0.25) is 0 Å². The van der Waals surface area contributed by atoms with Gasteiger partial charge in [-0.2, -0.15) is 0 Å². The lowest BCUT2D eigenvalue weighted by molar-refractivity contribution is 0.214. The predicted molar refractivity (Wildman–Crippen MR) is 71.9 cm³/mol. The maximum Gasteiger partial charge on any atom is 0.109 e. The summed E-state index contributed by atoms with van der Waals surface area (Å²) in [4.78, 5) is 0. The Kier molecular flexibility index (Phi) is 5.11. The van der Waals surface area contributed by atoms with Gasteiger partial charge in [-0.15, -0.1) is 0 Å². The summed E-state index contributed by atoms with van der Waals surface area (Å²) < 4.78 is 5.73. The fraction of sp³-hybridized carbons (Fsp3) is 0.733. The Labute approximate surface area is 105 Å². The standard InChI is InChI=1S/C15H25NO/c1-2-10-16-14(15-9-6-11-17-15)12-13-7-4-3-5-8-13/h7,9,14,16H,2-6,8,10-12H2,1H3. The zero-order valence-electron chi connectivity index (χ0n) is 11.0. The monoisotopic (exact) mass is 235 g/mol. The van der Waals surface area contributed by atoms with Crippen LogP contribution in [0.15, 0.2) is 23.5 Å².